The second kappa shape index (κ2) is 9.32. The van der Waals surface area contributed by atoms with Gasteiger partial charge >= 0.3 is 0 Å². The molecular formula is C15H25N3O3S. The van der Waals surface area contributed by atoms with E-state index in [2.05, 4.69) is 15.5 Å². The lowest BCUT2D eigenvalue weighted by molar-refractivity contribution is 0.324. The summed E-state index contributed by atoms with van der Waals surface area (Å²) in [5.74, 6) is 1.72. The van der Waals surface area contributed by atoms with Crippen molar-refractivity contribution in [3.8, 4) is 17.2 Å². The number of hydrogen-bond donors (Lipinski definition) is 2. The third-order valence-electron chi connectivity index (χ3n) is 2.99. The fourth-order valence-corrected chi connectivity index (χ4v) is 2.15. The van der Waals surface area contributed by atoms with Crippen molar-refractivity contribution in [3.05, 3.63) is 12.1 Å². The topological polar surface area (TPSA) is 55.0 Å². The number of anilines is 1. The average Bonchev–Trinajstić information content (AvgIpc) is 2.50. The van der Waals surface area contributed by atoms with Gasteiger partial charge in [0.05, 0.1) is 21.3 Å². The second-order valence-electron chi connectivity index (χ2n) is 4.95. The van der Waals surface area contributed by atoms with Gasteiger partial charge < -0.3 is 29.7 Å². The van der Waals surface area contributed by atoms with Crippen molar-refractivity contribution >= 4 is 23.0 Å². The van der Waals surface area contributed by atoms with Crippen LogP contribution in [0.1, 0.15) is 6.42 Å². The van der Waals surface area contributed by atoms with Crippen molar-refractivity contribution < 1.29 is 14.2 Å². The molecule has 1 aromatic carbocycles. The number of nitrogens with zero attached hydrogens (tertiary/aromatic N) is 1. The van der Waals surface area contributed by atoms with Crippen molar-refractivity contribution in [1.29, 1.82) is 0 Å². The van der Waals surface area contributed by atoms with E-state index in [4.69, 9.17) is 26.4 Å². The molecule has 0 bridgehead atoms. The van der Waals surface area contributed by atoms with Crippen LogP contribution in [0.5, 0.6) is 17.2 Å². The fraction of sp³-hybridized carbons (Fsp3) is 0.533. The third-order valence-corrected chi connectivity index (χ3v) is 3.24. The van der Waals surface area contributed by atoms with Gasteiger partial charge in [0, 0.05) is 24.4 Å². The van der Waals surface area contributed by atoms with Crippen molar-refractivity contribution in [2.45, 2.75) is 6.42 Å². The fourth-order valence-electron chi connectivity index (χ4n) is 1.93. The first kappa shape index (κ1) is 18.3. The quantitative estimate of drug-likeness (QED) is 0.559. The molecule has 0 spiro atoms. The molecule has 22 heavy (non-hydrogen) atoms. The highest BCUT2D eigenvalue weighted by atomic mass is 32.1. The van der Waals surface area contributed by atoms with E-state index in [1.54, 1.807) is 21.3 Å². The van der Waals surface area contributed by atoms with Crippen LogP contribution in [0.15, 0.2) is 12.1 Å². The number of thiocarbonyl (C=S) groups is 1. The van der Waals surface area contributed by atoms with Gasteiger partial charge in [-0.05, 0) is 39.3 Å². The van der Waals surface area contributed by atoms with E-state index in [9.17, 15) is 0 Å². The summed E-state index contributed by atoms with van der Waals surface area (Å²) in [5.41, 5.74) is 0.777. The van der Waals surface area contributed by atoms with Crippen molar-refractivity contribution in [2.75, 3.05) is 53.8 Å². The highest BCUT2D eigenvalue weighted by Crippen LogP contribution is 2.39. The molecule has 2 N–H and O–H groups in total. The molecule has 0 aromatic heterocycles. The van der Waals surface area contributed by atoms with Crippen LogP contribution in [0.4, 0.5) is 5.69 Å². The Balaban J connectivity index is 2.66. The summed E-state index contributed by atoms with van der Waals surface area (Å²) in [6.45, 7) is 1.83. The monoisotopic (exact) mass is 327 g/mol. The second-order valence-corrected chi connectivity index (χ2v) is 5.36. The Hall–Kier alpha value is -1.73. The molecular weight excluding hydrogens is 302 g/mol. The Morgan fingerprint density at radius 2 is 1.68 bits per heavy atom. The SMILES string of the molecule is COc1cc(NC(=S)NCCCN(C)C)cc(OC)c1OC. The number of ether oxygens (including phenoxy) is 3. The minimum absolute atomic E-state index is 0.556. The Morgan fingerprint density at radius 3 is 2.14 bits per heavy atom. The van der Waals surface area contributed by atoms with Gasteiger partial charge in [-0.2, -0.15) is 0 Å². The molecule has 0 aliphatic rings. The summed E-state index contributed by atoms with van der Waals surface area (Å²) in [6.07, 6.45) is 1.02. The summed E-state index contributed by atoms with van der Waals surface area (Å²) in [7, 11) is 8.83. The Morgan fingerprint density at radius 1 is 1.09 bits per heavy atom. The van der Waals surface area contributed by atoms with E-state index in [1.165, 1.54) is 0 Å². The first-order valence-corrected chi connectivity index (χ1v) is 7.42. The van der Waals surface area contributed by atoms with Gasteiger partial charge in [0.2, 0.25) is 5.75 Å². The van der Waals surface area contributed by atoms with E-state index in [-0.39, 0.29) is 0 Å². The predicted molar refractivity (Wildman–Crippen MR) is 93.5 cm³/mol. The molecule has 0 radical (unpaired) electrons. The van der Waals surface area contributed by atoms with Gasteiger partial charge in [0.1, 0.15) is 0 Å². The first-order valence-electron chi connectivity index (χ1n) is 7.01. The normalized spacial score (nSPS) is 10.3. The number of nitrogens with one attached hydrogen (secondary N) is 2. The maximum Gasteiger partial charge on any atom is 0.203 e. The molecule has 0 unspecified atom stereocenters. The molecule has 1 rings (SSSR count). The van der Waals surface area contributed by atoms with Gasteiger partial charge in [-0.1, -0.05) is 0 Å². The van der Waals surface area contributed by atoms with Crippen LogP contribution in [-0.4, -0.2) is 58.5 Å². The molecule has 0 aliphatic carbocycles. The predicted octanol–water partition coefficient (Wildman–Crippen LogP) is 1.95. The molecule has 7 heteroatoms. The lowest BCUT2D eigenvalue weighted by Crippen LogP contribution is -2.30. The van der Waals surface area contributed by atoms with Crippen LogP contribution >= 0.6 is 12.2 Å². The molecule has 1 aromatic rings. The third kappa shape index (κ3) is 5.57. The molecule has 0 atom stereocenters. The summed E-state index contributed by atoms with van der Waals surface area (Å²) in [6, 6.07) is 3.63. The zero-order chi connectivity index (χ0) is 16.5. The van der Waals surface area contributed by atoms with E-state index < -0.39 is 0 Å². The Bertz CT molecular complexity index is 470. The van der Waals surface area contributed by atoms with Crippen LogP contribution in [0.2, 0.25) is 0 Å². The van der Waals surface area contributed by atoms with Crippen molar-refractivity contribution in [2.24, 2.45) is 0 Å². The lowest BCUT2D eigenvalue weighted by atomic mass is 10.2. The number of benzene rings is 1. The highest BCUT2D eigenvalue weighted by molar-refractivity contribution is 7.80. The van der Waals surface area contributed by atoms with E-state index in [0.717, 1.165) is 25.2 Å². The van der Waals surface area contributed by atoms with Crippen LogP contribution < -0.4 is 24.8 Å². The van der Waals surface area contributed by atoms with Gasteiger partial charge in [0.25, 0.3) is 0 Å². The summed E-state index contributed by atoms with van der Waals surface area (Å²) >= 11 is 5.29. The molecule has 0 fully saturated rings. The first-order chi connectivity index (χ1) is 10.5. The van der Waals surface area contributed by atoms with E-state index in [1.807, 2.05) is 26.2 Å². The van der Waals surface area contributed by atoms with Crippen LogP contribution in [0, 0.1) is 0 Å². The van der Waals surface area contributed by atoms with Gasteiger partial charge in [-0.15, -0.1) is 0 Å². The number of hydrogen-bond acceptors (Lipinski definition) is 5. The minimum atomic E-state index is 0.556. The smallest absolute Gasteiger partial charge is 0.203 e. The minimum Gasteiger partial charge on any atom is -0.493 e. The Labute approximate surface area is 137 Å². The van der Waals surface area contributed by atoms with E-state index >= 15 is 0 Å². The molecule has 0 amide bonds. The van der Waals surface area contributed by atoms with Crippen molar-refractivity contribution in [3.63, 3.8) is 0 Å². The zero-order valence-corrected chi connectivity index (χ0v) is 14.7. The number of rotatable bonds is 8. The van der Waals surface area contributed by atoms with Crippen LogP contribution in [0.3, 0.4) is 0 Å². The zero-order valence-electron chi connectivity index (χ0n) is 13.9. The standard InChI is InChI=1S/C15H25N3O3S/c1-18(2)8-6-7-16-15(22)17-11-9-12(19-3)14(21-5)13(10-11)20-4/h9-10H,6-8H2,1-5H3,(H2,16,17,22). The summed E-state index contributed by atoms with van der Waals surface area (Å²) < 4.78 is 15.9. The molecule has 0 heterocycles. The molecule has 6 nitrogen and oxygen atoms in total. The van der Waals surface area contributed by atoms with Gasteiger partial charge in [0.15, 0.2) is 16.6 Å². The number of methoxy groups -OCH3 is 3. The molecule has 0 saturated heterocycles. The average molecular weight is 327 g/mol. The maximum atomic E-state index is 5.31. The molecule has 0 saturated carbocycles. The van der Waals surface area contributed by atoms with Crippen LogP contribution in [0.25, 0.3) is 0 Å². The van der Waals surface area contributed by atoms with E-state index in [0.29, 0.717) is 22.4 Å². The van der Waals surface area contributed by atoms with Crippen LogP contribution in [-0.2, 0) is 0 Å². The summed E-state index contributed by atoms with van der Waals surface area (Å²) in [4.78, 5) is 2.14. The van der Waals surface area contributed by atoms with Gasteiger partial charge in [-0.3, -0.25) is 0 Å². The molecule has 124 valence electrons. The van der Waals surface area contributed by atoms with Gasteiger partial charge in [-0.25, -0.2) is 0 Å². The molecule has 0 aliphatic heterocycles. The van der Waals surface area contributed by atoms with Crippen molar-refractivity contribution in [1.82, 2.24) is 10.2 Å². The maximum absolute atomic E-state index is 5.31. The largest absolute Gasteiger partial charge is 0.493 e. The lowest BCUT2D eigenvalue weighted by Gasteiger charge is -2.16. The highest BCUT2D eigenvalue weighted by Gasteiger charge is 2.13. The summed E-state index contributed by atoms with van der Waals surface area (Å²) in [5, 5.41) is 6.86. The Kier molecular flexibility index (Phi) is 7.76.